The van der Waals surface area contributed by atoms with Crippen LogP contribution >= 0.6 is 11.6 Å². The molecule has 0 fully saturated rings. The van der Waals surface area contributed by atoms with Crippen molar-refractivity contribution in [3.05, 3.63) is 40.6 Å². The molecule has 1 amide bonds. The van der Waals surface area contributed by atoms with Gasteiger partial charge in [0, 0.05) is 6.07 Å². The van der Waals surface area contributed by atoms with Crippen LogP contribution in [0.3, 0.4) is 0 Å². The lowest BCUT2D eigenvalue weighted by atomic mass is 10.2. The first-order valence-corrected chi connectivity index (χ1v) is 8.72. The zero-order valence-corrected chi connectivity index (χ0v) is 14.8. The van der Waals surface area contributed by atoms with Gasteiger partial charge in [0.05, 0.1) is 10.6 Å². The number of aromatic nitrogens is 1. The molecule has 134 valence electrons. The van der Waals surface area contributed by atoms with Crippen molar-refractivity contribution in [2.24, 2.45) is 0 Å². The number of benzene rings is 1. The first-order valence-electron chi connectivity index (χ1n) is 6.86. The van der Waals surface area contributed by atoms with Gasteiger partial charge in [0.25, 0.3) is 5.91 Å². The maximum atomic E-state index is 12.0. The number of rotatable bonds is 6. The molecule has 0 aliphatic carbocycles. The number of ether oxygens (including phenoxy) is 1. The van der Waals surface area contributed by atoms with Gasteiger partial charge in [0.15, 0.2) is 12.4 Å². The molecule has 25 heavy (non-hydrogen) atoms. The van der Waals surface area contributed by atoms with Gasteiger partial charge in [-0.3, -0.25) is 4.79 Å². The van der Waals surface area contributed by atoms with Crippen molar-refractivity contribution in [3.8, 4) is 0 Å². The molecule has 1 aromatic carbocycles. The summed E-state index contributed by atoms with van der Waals surface area (Å²) in [7, 11) is -2.63. The van der Waals surface area contributed by atoms with E-state index < -0.39 is 28.5 Å². The van der Waals surface area contributed by atoms with Crippen LogP contribution in [0.25, 0.3) is 0 Å². The van der Waals surface area contributed by atoms with Crippen molar-refractivity contribution < 1.29 is 27.3 Å². The van der Waals surface area contributed by atoms with E-state index in [4.69, 9.17) is 20.9 Å². The molecule has 2 aromatic rings. The van der Waals surface area contributed by atoms with E-state index >= 15 is 0 Å². The molecule has 1 heterocycles. The summed E-state index contributed by atoms with van der Waals surface area (Å²) in [5.41, 5.74) is -0.0664. The summed E-state index contributed by atoms with van der Waals surface area (Å²) in [4.78, 5) is 23.4. The second-order valence-electron chi connectivity index (χ2n) is 4.80. The van der Waals surface area contributed by atoms with E-state index in [-0.39, 0.29) is 21.3 Å². The van der Waals surface area contributed by atoms with Gasteiger partial charge < -0.3 is 14.6 Å². The minimum Gasteiger partial charge on any atom is -0.452 e. The Balaban J connectivity index is 2.03. The molecule has 0 saturated carbocycles. The van der Waals surface area contributed by atoms with Gasteiger partial charge in [-0.2, -0.15) is 0 Å². The van der Waals surface area contributed by atoms with Crippen LogP contribution in [-0.4, -0.2) is 39.1 Å². The topological polar surface area (TPSA) is 128 Å². The van der Waals surface area contributed by atoms with Crippen molar-refractivity contribution in [1.82, 2.24) is 9.88 Å². The molecule has 0 saturated heterocycles. The highest BCUT2D eigenvalue weighted by Crippen LogP contribution is 2.22. The van der Waals surface area contributed by atoms with Gasteiger partial charge in [-0.05, 0) is 32.2 Å². The first-order chi connectivity index (χ1) is 11.7. The Bertz CT molecular complexity index is 909. The molecule has 0 unspecified atom stereocenters. The Hall–Kier alpha value is -2.43. The number of carbonyl (C=O) groups excluding carboxylic acids is 2. The molecule has 2 N–H and O–H groups in total. The molecule has 9 nitrogen and oxygen atoms in total. The maximum absolute atomic E-state index is 12.0. The summed E-state index contributed by atoms with van der Waals surface area (Å²) in [6.45, 7) is 1.07. The van der Waals surface area contributed by atoms with Crippen LogP contribution < -0.4 is 10.0 Å². The number of halogens is 1. The molecule has 0 spiro atoms. The minimum atomic E-state index is -3.84. The van der Waals surface area contributed by atoms with Crippen LogP contribution in [0.5, 0.6) is 0 Å². The summed E-state index contributed by atoms with van der Waals surface area (Å²) >= 11 is 5.83. The van der Waals surface area contributed by atoms with E-state index in [1.807, 2.05) is 0 Å². The average Bonchev–Trinajstić information content (AvgIpc) is 2.97. The molecule has 2 rings (SSSR count). The number of nitrogens with one attached hydrogen (secondary N) is 2. The lowest BCUT2D eigenvalue weighted by Crippen LogP contribution is -2.22. The average molecular weight is 388 g/mol. The van der Waals surface area contributed by atoms with E-state index in [1.165, 1.54) is 25.2 Å². The van der Waals surface area contributed by atoms with Crippen molar-refractivity contribution in [2.75, 3.05) is 19.0 Å². The van der Waals surface area contributed by atoms with Gasteiger partial charge in [0.1, 0.15) is 10.7 Å². The van der Waals surface area contributed by atoms with Crippen LogP contribution in [0.15, 0.2) is 33.7 Å². The molecule has 0 radical (unpaired) electrons. The molecular formula is C14H14ClN3O6S. The molecule has 11 heteroatoms. The highest BCUT2D eigenvalue weighted by molar-refractivity contribution is 7.89. The number of nitrogens with zero attached hydrogens (tertiary/aromatic N) is 1. The highest BCUT2D eigenvalue weighted by Gasteiger charge is 2.19. The lowest BCUT2D eigenvalue weighted by molar-refractivity contribution is -0.119. The Kier molecular flexibility index (Phi) is 5.77. The molecule has 1 aromatic heterocycles. The smallest absolute Gasteiger partial charge is 0.338 e. The summed E-state index contributed by atoms with van der Waals surface area (Å²) in [5.74, 6) is -0.812. The number of carbonyl (C=O) groups is 2. The lowest BCUT2D eigenvalue weighted by Gasteiger charge is -2.08. The molecule has 0 aliphatic rings. The van der Waals surface area contributed by atoms with Crippen molar-refractivity contribution in [3.63, 3.8) is 0 Å². The fraction of sp³-hybridized carbons (Fsp3) is 0.214. The Morgan fingerprint density at radius 2 is 2.04 bits per heavy atom. The minimum absolute atomic E-state index is 0.0509. The zero-order valence-electron chi connectivity index (χ0n) is 13.2. The van der Waals surface area contributed by atoms with Gasteiger partial charge in [0.2, 0.25) is 10.0 Å². The van der Waals surface area contributed by atoms with Crippen molar-refractivity contribution in [2.45, 2.75) is 11.8 Å². The van der Waals surface area contributed by atoms with Crippen LogP contribution in [0.2, 0.25) is 5.02 Å². The number of aryl methyl sites for hydroxylation is 1. The quantitative estimate of drug-likeness (QED) is 0.716. The third-order valence-corrected chi connectivity index (χ3v) is 4.85. The summed E-state index contributed by atoms with van der Waals surface area (Å²) in [6.07, 6.45) is 0. The number of sulfonamides is 1. The number of hydrogen-bond donors (Lipinski definition) is 2. The van der Waals surface area contributed by atoms with Gasteiger partial charge in [-0.25, -0.2) is 17.9 Å². The summed E-state index contributed by atoms with van der Waals surface area (Å²) in [5, 5.41) is 5.89. The SMILES string of the molecule is CNS(=O)(=O)c1cc(C(=O)OCC(=O)Nc2cc(C)on2)ccc1Cl. The monoisotopic (exact) mass is 387 g/mol. The fourth-order valence-corrected chi connectivity index (χ4v) is 3.01. The van der Waals surface area contributed by atoms with Crippen LogP contribution in [0.1, 0.15) is 16.1 Å². The molecular weight excluding hydrogens is 374 g/mol. The summed E-state index contributed by atoms with van der Waals surface area (Å²) < 4.78 is 35.4. The second-order valence-corrected chi connectivity index (χ2v) is 7.06. The zero-order chi connectivity index (χ0) is 18.6. The van der Waals surface area contributed by atoms with E-state index in [0.717, 1.165) is 6.07 Å². The van der Waals surface area contributed by atoms with E-state index in [0.29, 0.717) is 5.76 Å². The number of hydrogen-bond acceptors (Lipinski definition) is 7. The highest BCUT2D eigenvalue weighted by atomic mass is 35.5. The van der Waals surface area contributed by atoms with E-state index in [9.17, 15) is 18.0 Å². The third-order valence-electron chi connectivity index (χ3n) is 2.95. The molecule has 0 atom stereocenters. The standard InChI is InChI=1S/C14H14ClN3O6S/c1-8-5-12(18-24-8)17-13(19)7-23-14(20)9-3-4-10(15)11(6-9)25(21,22)16-2/h3-6,16H,7H2,1-2H3,(H,17,18,19). The Morgan fingerprint density at radius 3 is 2.64 bits per heavy atom. The normalized spacial score (nSPS) is 11.2. The first kappa shape index (κ1) is 18.9. The second kappa shape index (κ2) is 7.64. The molecule has 0 bridgehead atoms. The van der Waals surface area contributed by atoms with Crippen molar-refractivity contribution >= 4 is 39.3 Å². The van der Waals surface area contributed by atoms with Crippen LogP contribution in [0, 0.1) is 6.92 Å². The maximum Gasteiger partial charge on any atom is 0.338 e. The Morgan fingerprint density at radius 1 is 1.32 bits per heavy atom. The van der Waals surface area contributed by atoms with E-state index in [2.05, 4.69) is 15.2 Å². The predicted octanol–water partition coefficient (Wildman–Crippen LogP) is 1.34. The predicted molar refractivity (Wildman–Crippen MR) is 87.8 cm³/mol. The van der Waals surface area contributed by atoms with Gasteiger partial charge >= 0.3 is 5.97 Å². The van der Waals surface area contributed by atoms with Crippen LogP contribution in [-0.2, 0) is 19.6 Å². The fourth-order valence-electron chi connectivity index (χ4n) is 1.76. The van der Waals surface area contributed by atoms with Gasteiger partial charge in [-0.15, -0.1) is 0 Å². The molecule has 0 aliphatic heterocycles. The number of anilines is 1. The van der Waals surface area contributed by atoms with Crippen molar-refractivity contribution in [1.29, 1.82) is 0 Å². The van der Waals surface area contributed by atoms with Crippen LogP contribution in [0.4, 0.5) is 5.82 Å². The van der Waals surface area contributed by atoms with E-state index in [1.54, 1.807) is 6.92 Å². The van der Waals surface area contributed by atoms with Gasteiger partial charge in [-0.1, -0.05) is 16.8 Å². The number of esters is 1. The third kappa shape index (κ3) is 4.78. The largest absolute Gasteiger partial charge is 0.452 e. The summed E-state index contributed by atoms with van der Waals surface area (Å²) in [6, 6.07) is 5.10. The Labute approximate surface area is 148 Å². The number of amides is 1.